The molecule has 1 heterocycles. The first-order valence-corrected chi connectivity index (χ1v) is 6.98. The van der Waals surface area contributed by atoms with Gasteiger partial charge >= 0.3 is 0 Å². The first kappa shape index (κ1) is 14.6. The summed E-state index contributed by atoms with van der Waals surface area (Å²) in [7, 11) is 0. The van der Waals surface area contributed by atoms with E-state index in [2.05, 4.69) is 5.32 Å². The van der Waals surface area contributed by atoms with Crippen molar-refractivity contribution >= 4 is 52.1 Å². The molecule has 0 bridgehead atoms. The predicted octanol–water partition coefficient (Wildman–Crippen LogP) is 4.39. The number of nitro groups is 1. The fraction of sp³-hybridized carbons (Fsp3) is 0. The van der Waals surface area contributed by atoms with Gasteiger partial charge in [0, 0.05) is 38.9 Å². The molecule has 0 radical (unpaired) electrons. The van der Waals surface area contributed by atoms with Crippen LogP contribution in [0.5, 0.6) is 0 Å². The van der Waals surface area contributed by atoms with Crippen LogP contribution in [0.2, 0.25) is 10.0 Å². The van der Waals surface area contributed by atoms with Gasteiger partial charge in [0.2, 0.25) is 0 Å². The number of non-ortho nitro benzene ring substituents is 1. The van der Waals surface area contributed by atoms with Crippen LogP contribution in [-0.2, 0) is 4.79 Å². The largest absolute Gasteiger partial charge is 0.321 e. The molecule has 0 fully saturated rings. The van der Waals surface area contributed by atoms with Crippen LogP contribution < -0.4 is 5.32 Å². The molecule has 1 N–H and O–H groups in total. The van der Waals surface area contributed by atoms with Crippen LogP contribution >= 0.6 is 23.2 Å². The molecule has 2 aromatic carbocycles. The Bertz CT molecular complexity index is 847. The van der Waals surface area contributed by atoms with Gasteiger partial charge in [-0.05, 0) is 24.3 Å². The number of halogens is 2. The minimum Gasteiger partial charge on any atom is -0.321 e. The molecule has 1 aliphatic rings. The Labute approximate surface area is 135 Å². The van der Waals surface area contributed by atoms with E-state index in [0.717, 1.165) is 0 Å². The van der Waals surface area contributed by atoms with Gasteiger partial charge in [0.25, 0.3) is 11.6 Å². The zero-order valence-corrected chi connectivity index (χ0v) is 12.5. The van der Waals surface area contributed by atoms with E-state index < -0.39 is 4.92 Å². The van der Waals surface area contributed by atoms with Crippen LogP contribution in [0.1, 0.15) is 11.1 Å². The molecule has 5 nitrogen and oxygen atoms in total. The highest BCUT2D eigenvalue weighted by Crippen LogP contribution is 2.36. The minimum absolute atomic E-state index is 0.0917. The summed E-state index contributed by atoms with van der Waals surface area (Å²) >= 11 is 12.0. The average molecular weight is 335 g/mol. The molecule has 0 saturated carbocycles. The van der Waals surface area contributed by atoms with Crippen LogP contribution in [0.4, 0.5) is 11.4 Å². The highest BCUT2D eigenvalue weighted by Gasteiger charge is 2.24. The van der Waals surface area contributed by atoms with Gasteiger partial charge in [0.15, 0.2) is 0 Å². The van der Waals surface area contributed by atoms with E-state index in [1.54, 1.807) is 18.2 Å². The van der Waals surface area contributed by atoms with Crippen LogP contribution in [0.3, 0.4) is 0 Å². The molecule has 0 spiro atoms. The maximum atomic E-state index is 12.1. The number of fused-ring (bicyclic) bond motifs is 1. The molecule has 22 heavy (non-hydrogen) atoms. The number of carbonyl (C=O) groups is 1. The lowest BCUT2D eigenvalue weighted by Gasteiger charge is -2.01. The first-order chi connectivity index (χ1) is 10.5. The third kappa shape index (κ3) is 2.56. The summed E-state index contributed by atoms with van der Waals surface area (Å²) in [5, 5.41) is 14.4. The van der Waals surface area contributed by atoms with Gasteiger partial charge in [-0.2, -0.15) is 0 Å². The third-order valence-corrected chi connectivity index (χ3v) is 3.83. The standard InChI is InChI=1S/C15H8Cl2N2O3/c16-9-1-3-11-12(15(20)18-14(11)7-9)6-8-5-10(19(21)22)2-4-13(8)17/h1-7H,(H,18,20)/b12-6+. The third-order valence-electron chi connectivity index (χ3n) is 3.25. The number of amides is 1. The average Bonchev–Trinajstić information content (AvgIpc) is 2.76. The molecule has 1 amide bonds. The number of carbonyl (C=O) groups excluding carboxylic acids is 1. The lowest BCUT2D eigenvalue weighted by Crippen LogP contribution is -2.03. The van der Waals surface area contributed by atoms with Gasteiger partial charge in [0.05, 0.1) is 10.6 Å². The molecular weight excluding hydrogens is 327 g/mol. The summed E-state index contributed by atoms with van der Waals surface area (Å²) in [4.78, 5) is 22.4. The molecule has 1 aliphatic heterocycles. The number of benzene rings is 2. The molecule has 7 heteroatoms. The van der Waals surface area contributed by atoms with Gasteiger partial charge in [0.1, 0.15) is 0 Å². The fourth-order valence-electron chi connectivity index (χ4n) is 2.22. The summed E-state index contributed by atoms with van der Waals surface area (Å²) in [5.74, 6) is -0.306. The van der Waals surface area contributed by atoms with Crippen LogP contribution in [-0.4, -0.2) is 10.8 Å². The Morgan fingerprint density at radius 2 is 1.91 bits per heavy atom. The second-order valence-electron chi connectivity index (χ2n) is 4.66. The number of nitrogens with one attached hydrogen (secondary N) is 1. The van der Waals surface area contributed by atoms with Crippen molar-refractivity contribution < 1.29 is 9.72 Å². The van der Waals surface area contributed by atoms with E-state index >= 15 is 0 Å². The quantitative estimate of drug-likeness (QED) is 0.502. The smallest absolute Gasteiger partial charge is 0.270 e. The van der Waals surface area contributed by atoms with Crippen molar-refractivity contribution in [2.45, 2.75) is 0 Å². The number of nitro benzene ring substituents is 1. The normalized spacial score (nSPS) is 14.8. The Balaban J connectivity index is 2.12. The molecular formula is C15H8Cl2N2O3. The highest BCUT2D eigenvalue weighted by atomic mass is 35.5. The lowest BCUT2D eigenvalue weighted by atomic mass is 10.0. The molecule has 110 valence electrons. The summed E-state index contributed by atoms with van der Waals surface area (Å²) in [6.07, 6.45) is 1.53. The van der Waals surface area contributed by atoms with Crippen molar-refractivity contribution in [2.75, 3.05) is 5.32 Å². The van der Waals surface area contributed by atoms with Crippen LogP contribution in [0, 0.1) is 10.1 Å². The monoisotopic (exact) mass is 334 g/mol. The zero-order chi connectivity index (χ0) is 15.9. The Kier molecular flexibility index (Phi) is 3.60. The van der Waals surface area contributed by atoms with Crippen molar-refractivity contribution in [1.82, 2.24) is 0 Å². The summed E-state index contributed by atoms with van der Waals surface area (Å²) < 4.78 is 0. The second kappa shape index (κ2) is 5.44. The Hall–Kier alpha value is -2.37. The maximum Gasteiger partial charge on any atom is 0.270 e. The van der Waals surface area contributed by atoms with Crippen LogP contribution in [0.15, 0.2) is 36.4 Å². The van der Waals surface area contributed by atoms with Gasteiger partial charge in [-0.25, -0.2) is 0 Å². The predicted molar refractivity (Wildman–Crippen MR) is 86.1 cm³/mol. The molecule has 2 aromatic rings. The molecule has 0 aliphatic carbocycles. The number of hydrogen-bond donors (Lipinski definition) is 1. The second-order valence-corrected chi connectivity index (χ2v) is 5.51. The number of nitrogens with zero attached hydrogens (tertiary/aromatic N) is 1. The molecule has 3 rings (SSSR count). The van der Waals surface area contributed by atoms with E-state index in [9.17, 15) is 14.9 Å². The first-order valence-electron chi connectivity index (χ1n) is 6.22. The van der Waals surface area contributed by atoms with Crippen molar-refractivity contribution in [3.05, 3.63) is 67.7 Å². The number of hydrogen-bond acceptors (Lipinski definition) is 3. The van der Waals surface area contributed by atoms with Crippen molar-refractivity contribution in [3.63, 3.8) is 0 Å². The van der Waals surface area contributed by atoms with E-state index in [1.807, 2.05) is 0 Å². The van der Waals surface area contributed by atoms with Crippen molar-refractivity contribution in [2.24, 2.45) is 0 Å². The topological polar surface area (TPSA) is 72.2 Å². The van der Waals surface area contributed by atoms with Crippen molar-refractivity contribution in [1.29, 1.82) is 0 Å². The SMILES string of the molecule is O=C1Nc2cc(Cl)ccc2/C1=C\c1cc([N+](=O)[O-])ccc1Cl. The van der Waals surface area contributed by atoms with Crippen LogP contribution in [0.25, 0.3) is 11.6 Å². The van der Waals surface area contributed by atoms with E-state index in [-0.39, 0.29) is 11.6 Å². The van der Waals surface area contributed by atoms with E-state index in [4.69, 9.17) is 23.2 Å². The van der Waals surface area contributed by atoms with Gasteiger partial charge in [-0.3, -0.25) is 14.9 Å². The molecule has 0 aromatic heterocycles. The molecule has 0 saturated heterocycles. The maximum absolute atomic E-state index is 12.1. The van der Waals surface area contributed by atoms with Gasteiger partial charge in [-0.15, -0.1) is 0 Å². The van der Waals surface area contributed by atoms with E-state index in [0.29, 0.717) is 32.4 Å². The zero-order valence-electron chi connectivity index (χ0n) is 11.0. The Morgan fingerprint density at radius 1 is 1.14 bits per heavy atom. The number of rotatable bonds is 2. The summed E-state index contributed by atoms with van der Waals surface area (Å²) in [6.45, 7) is 0. The number of anilines is 1. The van der Waals surface area contributed by atoms with E-state index in [1.165, 1.54) is 24.3 Å². The molecule has 0 unspecified atom stereocenters. The fourth-order valence-corrected chi connectivity index (χ4v) is 2.57. The van der Waals surface area contributed by atoms with Gasteiger partial charge < -0.3 is 5.32 Å². The Morgan fingerprint density at radius 3 is 2.64 bits per heavy atom. The summed E-state index contributed by atoms with van der Waals surface area (Å²) in [5.41, 5.74) is 1.98. The minimum atomic E-state index is -0.513. The molecule has 0 atom stereocenters. The van der Waals surface area contributed by atoms with Crippen molar-refractivity contribution in [3.8, 4) is 0 Å². The summed E-state index contributed by atoms with van der Waals surface area (Å²) in [6, 6.07) is 9.10. The highest BCUT2D eigenvalue weighted by molar-refractivity contribution is 6.38. The van der Waals surface area contributed by atoms with Gasteiger partial charge in [-0.1, -0.05) is 29.3 Å². The lowest BCUT2D eigenvalue weighted by molar-refractivity contribution is -0.384.